The molecule has 2 rings (SSSR count). The van der Waals surface area contributed by atoms with Crippen molar-refractivity contribution in [3.05, 3.63) is 35.4 Å². The molecule has 1 aliphatic rings. The highest BCUT2D eigenvalue weighted by Crippen LogP contribution is 2.17. The Morgan fingerprint density at radius 1 is 1.41 bits per heavy atom. The molecule has 3 nitrogen and oxygen atoms in total. The van der Waals surface area contributed by atoms with Crippen LogP contribution in [0.2, 0.25) is 0 Å². The Balaban J connectivity index is 2.11. The van der Waals surface area contributed by atoms with Gasteiger partial charge in [-0.15, -0.1) is 11.6 Å². The molecule has 1 saturated heterocycles. The van der Waals surface area contributed by atoms with Crippen molar-refractivity contribution < 1.29 is 4.79 Å². The lowest BCUT2D eigenvalue weighted by molar-refractivity contribution is 0.0727. The van der Waals surface area contributed by atoms with E-state index in [1.165, 1.54) is 0 Å². The Kier molecular flexibility index (Phi) is 3.65. The zero-order valence-electron chi connectivity index (χ0n) is 9.40. The topological polar surface area (TPSA) is 44.1 Å². The maximum atomic E-state index is 12.1. The van der Waals surface area contributed by atoms with Gasteiger partial charge in [0.2, 0.25) is 0 Å². The molecule has 1 aliphatic heterocycles. The van der Waals surface area contributed by atoms with Gasteiger partial charge in [-0.25, -0.2) is 0 Å². The molecular weight excluding hydrogens is 236 g/mol. The molecule has 0 spiro atoms. The number of rotatable bonds is 1. The van der Waals surface area contributed by atoms with Crippen LogP contribution in [0.15, 0.2) is 24.3 Å². The van der Waals surface area contributed by atoms with Crippen LogP contribution < -0.4 is 0 Å². The van der Waals surface area contributed by atoms with Crippen molar-refractivity contribution in [2.75, 3.05) is 13.1 Å². The second-order valence-electron chi connectivity index (χ2n) is 4.18. The predicted molar refractivity (Wildman–Crippen MR) is 65.9 cm³/mol. The molecule has 0 radical (unpaired) electrons. The molecule has 4 heteroatoms. The fourth-order valence-electron chi connectivity index (χ4n) is 1.98. The molecule has 0 N–H and O–H groups in total. The number of piperidine rings is 1. The molecule has 1 unspecified atom stereocenters. The summed E-state index contributed by atoms with van der Waals surface area (Å²) in [6.07, 6.45) is 1.93. The zero-order valence-corrected chi connectivity index (χ0v) is 10.2. The minimum absolute atomic E-state index is 0.000148. The number of alkyl halides is 1. The Labute approximate surface area is 106 Å². The molecule has 1 aromatic carbocycles. The summed E-state index contributed by atoms with van der Waals surface area (Å²) < 4.78 is 0. The van der Waals surface area contributed by atoms with Crippen LogP contribution in [0.3, 0.4) is 0 Å². The number of amides is 1. The van der Waals surface area contributed by atoms with Crippen LogP contribution in [0, 0.1) is 11.3 Å². The van der Waals surface area contributed by atoms with Crippen molar-refractivity contribution in [3.8, 4) is 6.07 Å². The van der Waals surface area contributed by atoms with Gasteiger partial charge in [-0.05, 0) is 37.1 Å². The third kappa shape index (κ3) is 2.78. The largest absolute Gasteiger partial charge is 0.337 e. The SMILES string of the molecule is N#Cc1ccc(C(=O)N2CCCC(Cl)C2)cc1. The van der Waals surface area contributed by atoms with Crippen LogP contribution in [0.1, 0.15) is 28.8 Å². The van der Waals surface area contributed by atoms with Crippen molar-refractivity contribution in [1.29, 1.82) is 5.26 Å². The molecule has 0 aromatic heterocycles. The molecule has 1 amide bonds. The minimum atomic E-state index is -0.000148. The minimum Gasteiger partial charge on any atom is -0.337 e. The first-order chi connectivity index (χ1) is 8.20. The van der Waals surface area contributed by atoms with E-state index in [9.17, 15) is 4.79 Å². The monoisotopic (exact) mass is 248 g/mol. The van der Waals surface area contributed by atoms with Gasteiger partial charge < -0.3 is 4.90 Å². The Morgan fingerprint density at radius 3 is 2.71 bits per heavy atom. The highest BCUT2D eigenvalue weighted by Gasteiger charge is 2.22. The van der Waals surface area contributed by atoms with E-state index in [0.29, 0.717) is 17.7 Å². The first kappa shape index (κ1) is 11.9. The molecule has 1 heterocycles. The van der Waals surface area contributed by atoms with Crippen LogP contribution in [-0.4, -0.2) is 29.3 Å². The molecular formula is C13H13ClN2O. The third-order valence-corrected chi connectivity index (χ3v) is 3.27. The van der Waals surface area contributed by atoms with Crippen molar-refractivity contribution in [2.45, 2.75) is 18.2 Å². The lowest BCUT2D eigenvalue weighted by Crippen LogP contribution is -2.40. The normalized spacial score (nSPS) is 19.8. The fraction of sp³-hybridized carbons (Fsp3) is 0.385. The van der Waals surface area contributed by atoms with E-state index in [4.69, 9.17) is 16.9 Å². The van der Waals surface area contributed by atoms with E-state index in [2.05, 4.69) is 0 Å². The lowest BCUT2D eigenvalue weighted by atomic mass is 10.1. The van der Waals surface area contributed by atoms with E-state index < -0.39 is 0 Å². The van der Waals surface area contributed by atoms with Gasteiger partial charge >= 0.3 is 0 Å². The standard InChI is InChI=1S/C13H13ClN2O/c14-12-2-1-7-16(9-12)13(17)11-5-3-10(8-15)4-6-11/h3-6,12H,1-2,7,9H2. The molecule has 1 atom stereocenters. The van der Waals surface area contributed by atoms with Gasteiger partial charge in [-0.1, -0.05) is 0 Å². The predicted octanol–water partition coefficient (Wildman–Crippen LogP) is 2.40. The van der Waals surface area contributed by atoms with E-state index in [1.54, 1.807) is 29.2 Å². The molecule has 0 saturated carbocycles. The second kappa shape index (κ2) is 5.20. The van der Waals surface area contributed by atoms with Crippen LogP contribution in [0.25, 0.3) is 0 Å². The number of nitrogens with zero attached hydrogens (tertiary/aromatic N) is 2. The van der Waals surface area contributed by atoms with E-state index in [1.807, 2.05) is 6.07 Å². The van der Waals surface area contributed by atoms with Crippen LogP contribution >= 0.6 is 11.6 Å². The van der Waals surface area contributed by atoms with E-state index in [-0.39, 0.29) is 11.3 Å². The van der Waals surface area contributed by atoms with E-state index >= 15 is 0 Å². The lowest BCUT2D eigenvalue weighted by Gasteiger charge is -2.29. The highest BCUT2D eigenvalue weighted by atomic mass is 35.5. The Morgan fingerprint density at radius 2 is 2.12 bits per heavy atom. The molecule has 0 bridgehead atoms. The summed E-state index contributed by atoms with van der Waals surface area (Å²) >= 11 is 6.05. The number of halogens is 1. The average molecular weight is 249 g/mol. The van der Waals surface area contributed by atoms with Gasteiger partial charge in [0.25, 0.3) is 5.91 Å². The number of likely N-dealkylation sites (tertiary alicyclic amines) is 1. The molecule has 88 valence electrons. The number of benzene rings is 1. The summed E-state index contributed by atoms with van der Waals surface area (Å²) in [6.45, 7) is 1.38. The van der Waals surface area contributed by atoms with Crippen LogP contribution in [-0.2, 0) is 0 Å². The number of hydrogen-bond acceptors (Lipinski definition) is 2. The summed E-state index contributed by atoms with van der Waals surface area (Å²) in [7, 11) is 0. The zero-order chi connectivity index (χ0) is 12.3. The molecule has 17 heavy (non-hydrogen) atoms. The van der Waals surface area contributed by atoms with Gasteiger partial charge in [0.05, 0.1) is 17.0 Å². The smallest absolute Gasteiger partial charge is 0.253 e. The quantitative estimate of drug-likeness (QED) is 0.717. The summed E-state index contributed by atoms with van der Waals surface area (Å²) in [6, 6.07) is 8.74. The molecule has 1 fully saturated rings. The van der Waals surface area contributed by atoms with Crippen LogP contribution in [0.4, 0.5) is 0 Å². The van der Waals surface area contributed by atoms with Crippen molar-refractivity contribution in [2.24, 2.45) is 0 Å². The first-order valence-electron chi connectivity index (χ1n) is 5.64. The van der Waals surface area contributed by atoms with E-state index in [0.717, 1.165) is 19.4 Å². The van der Waals surface area contributed by atoms with Crippen molar-refractivity contribution in [1.82, 2.24) is 4.90 Å². The maximum Gasteiger partial charge on any atom is 0.253 e. The van der Waals surface area contributed by atoms with Crippen molar-refractivity contribution >= 4 is 17.5 Å². The number of carbonyl (C=O) groups is 1. The Hall–Kier alpha value is -1.53. The summed E-state index contributed by atoms with van der Waals surface area (Å²) in [5, 5.41) is 8.75. The summed E-state index contributed by atoms with van der Waals surface area (Å²) in [5.74, 6) is -0.000148. The van der Waals surface area contributed by atoms with Gasteiger partial charge in [0.1, 0.15) is 0 Å². The number of hydrogen-bond donors (Lipinski definition) is 0. The third-order valence-electron chi connectivity index (χ3n) is 2.91. The molecule has 0 aliphatic carbocycles. The van der Waals surface area contributed by atoms with Gasteiger partial charge in [-0.3, -0.25) is 4.79 Å². The summed E-state index contributed by atoms with van der Waals surface area (Å²) in [4.78, 5) is 13.9. The van der Waals surface area contributed by atoms with Gasteiger partial charge in [0.15, 0.2) is 0 Å². The second-order valence-corrected chi connectivity index (χ2v) is 4.80. The fourth-order valence-corrected chi connectivity index (χ4v) is 2.30. The number of carbonyl (C=O) groups excluding carboxylic acids is 1. The average Bonchev–Trinajstić information content (AvgIpc) is 2.38. The number of nitriles is 1. The molecule has 1 aromatic rings. The van der Waals surface area contributed by atoms with Gasteiger partial charge in [0, 0.05) is 18.7 Å². The van der Waals surface area contributed by atoms with Crippen LogP contribution in [0.5, 0.6) is 0 Å². The van der Waals surface area contributed by atoms with Gasteiger partial charge in [-0.2, -0.15) is 5.26 Å². The maximum absolute atomic E-state index is 12.1. The van der Waals surface area contributed by atoms with Crippen molar-refractivity contribution in [3.63, 3.8) is 0 Å². The first-order valence-corrected chi connectivity index (χ1v) is 6.08. The summed E-state index contributed by atoms with van der Waals surface area (Å²) in [5.41, 5.74) is 1.19. The highest BCUT2D eigenvalue weighted by molar-refractivity contribution is 6.21. The Bertz CT molecular complexity index is 449.